The number of imide groups is 1. The van der Waals surface area contributed by atoms with E-state index >= 15 is 0 Å². The Bertz CT molecular complexity index is 1150. The van der Waals surface area contributed by atoms with E-state index in [1.54, 1.807) is 18.2 Å². The van der Waals surface area contributed by atoms with Crippen molar-refractivity contribution >= 4 is 17.8 Å². The van der Waals surface area contributed by atoms with E-state index in [1.807, 2.05) is 0 Å². The van der Waals surface area contributed by atoms with Crippen molar-refractivity contribution in [1.82, 2.24) is 15.5 Å². The van der Waals surface area contributed by atoms with Crippen molar-refractivity contribution in [2.24, 2.45) is 0 Å². The van der Waals surface area contributed by atoms with Crippen LogP contribution in [0.15, 0.2) is 36.4 Å². The van der Waals surface area contributed by atoms with Crippen LogP contribution < -0.4 is 15.4 Å². The predicted octanol–water partition coefficient (Wildman–Crippen LogP) is 1.13. The summed E-state index contributed by atoms with van der Waals surface area (Å²) < 4.78 is 18.4. The van der Waals surface area contributed by atoms with Crippen molar-refractivity contribution in [3.05, 3.63) is 58.9 Å². The maximum Gasteiger partial charge on any atom is 0.323 e. The number of phenolic OH excluding ortho intramolecular Hbond substituents is 1. The summed E-state index contributed by atoms with van der Waals surface area (Å²) >= 11 is 0. The largest absolute Gasteiger partial charge is 0.505 e. The monoisotopic (exact) mass is 409 g/mol. The Morgan fingerprint density at radius 1 is 1.23 bits per heavy atom. The molecule has 0 aliphatic carbocycles. The number of nitrogens with zero attached hydrogens (tertiary/aromatic N) is 1. The summed E-state index contributed by atoms with van der Waals surface area (Å²) in [5, 5.41) is 14.1. The van der Waals surface area contributed by atoms with E-state index in [9.17, 15) is 23.9 Å². The third-order valence-electron chi connectivity index (χ3n) is 4.93. The van der Waals surface area contributed by atoms with Crippen molar-refractivity contribution in [3.8, 4) is 23.3 Å². The number of rotatable bonds is 3. The molecule has 0 radical (unpaired) electrons. The number of carbonyl (C=O) groups excluding carboxylic acids is 3. The maximum atomic E-state index is 13.3. The van der Waals surface area contributed by atoms with Crippen LogP contribution in [0, 0.1) is 17.7 Å². The molecule has 152 valence electrons. The number of amides is 4. The van der Waals surface area contributed by atoms with Crippen LogP contribution in [0.4, 0.5) is 9.18 Å². The van der Waals surface area contributed by atoms with E-state index in [1.165, 1.54) is 18.1 Å². The molecule has 2 aromatic carbocycles. The third-order valence-corrected chi connectivity index (χ3v) is 4.93. The minimum atomic E-state index is -1.69. The van der Waals surface area contributed by atoms with Crippen LogP contribution >= 0.6 is 0 Å². The number of hydrogen-bond donors (Lipinski definition) is 3. The average molecular weight is 409 g/mol. The van der Waals surface area contributed by atoms with Crippen LogP contribution in [0.1, 0.15) is 21.5 Å². The smallest absolute Gasteiger partial charge is 0.323 e. The number of aromatic hydroxyl groups is 1. The maximum absolute atomic E-state index is 13.3. The van der Waals surface area contributed by atoms with Gasteiger partial charge in [0, 0.05) is 17.7 Å². The predicted molar refractivity (Wildman–Crippen MR) is 102 cm³/mol. The Morgan fingerprint density at radius 3 is 2.70 bits per heavy atom. The Kier molecular flexibility index (Phi) is 4.54. The first kappa shape index (κ1) is 19.3. The summed E-state index contributed by atoms with van der Waals surface area (Å²) in [6.07, 6.45) is 0. The Morgan fingerprint density at radius 2 is 2.03 bits per heavy atom. The number of methoxy groups -OCH3 is 1. The summed E-state index contributed by atoms with van der Waals surface area (Å²) in [6, 6.07) is 7.84. The molecule has 2 aliphatic heterocycles. The molecular formula is C21H16FN3O5. The van der Waals surface area contributed by atoms with E-state index in [0.29, 0.717) is 11.3 Å². The number of ether oxygens (including phenoxy) is 1. The topological polar surface area (TPSA) is 108 Å². The van der Waals surface area contributed by atoms with Crippen LogP contribution in [0.5, 0.6) is 11.5 Å². The molecule has 0 saturated carbocycles. The lowest BCUT2D eigenvalue weighted by Crippen LogP contribution is -2.54. The van der Waals surface area contributed by atoms with E-state index in [-0.39, 0.29) is 24.6 Å². The minimum Gasteiger partial charge on any atom is -0.505 e. The highest BCUT2D eigenvalue weighted by Gasteiger charge is 2.48. The average Bonchev–Trinajstić information content (AvgIpc) is 3.18. The van der Waals surface area contributed by atoms with Gasteiger partial charge in [-0.1, -0.05) is 17.9 Å². The summed E-state index contributed by atoms with van der Waals surface area (Å²) in [5.74, 6) is 3.46. The van der Waals surface area contributed by atoms with Crippen LogP contribution in [0.25, 0.3) is 0 Å². The summed E-state index contributed by atoms with van der Waals surface area (Å²) in [6.45, 7) is 0.0443. The SMILES string of the molecule is COc1ccc2c(c1)C(=O)N(C[C@@]1(C#Cc3ccc(F)c(O)c3)NC(=O)NC1=O)C2. The zero-order valence-corrected chi connectivity index (χ0v) is 15.8. The molecular weight excluding hydrogens is 393 g/mol. The van der Waals surface area contributed by atoms with Crippen molar-refractivity contribution in [2.45, 2.75) is 12.1 Å². The molecule has 3 N–H and O–H groups in total. The van der Waals surface area contributed by atoms with Gasteiger partial charge in [0.05, 0.1) is 13.7 Å². The number of urea groups is 1. The molecule has 2 heterocycles. The van der Waals surface area contributed by atoms with Gasteiger partial charge in [-0.25, -0.2) is 9.18 Å². The zero-order valence-electron chi connectivity index (χ0n) is 15.8. The zero-order chi connectivity index (χ0) is 21.5. The summed E-state index contributed by atoms with van der Waals surface area (Å²) in [4.78, 5) is 38.6. The third kappa shape index (κ3) is 3.28. The molecule has 0 unspecified atom stereocenters. The lowest BCUT2D eigenvalue weighted by molar-refractivity contribution is -0.122. The second-order valence-corrected chi connectivity index (χ2v) is 6.91. The molecule has 0 bridgehead atoms. The second-order valence-electron chi connectivity index (χ2n) is 6.91. The number of hydrogen-bond acceptors (Lipinski definition) is 5. The van der Waals surface area contributed by atoms with Gasteiger partial charge in [-0.2, -0.15) is 0 Å². The Labute approximate surface area is 170 Å². The van der Waals surface area contributed by atoms with Gasteiger partial charge >= 0.3 is 6.03 Å². The molecule has 0 spiro atoms. The van der Waals surface area contributed by atoms with Crippen LogP contribution in [0.2, 0.25) is 0 Å². The van der Waals surface area contributed by atoms with Gasteiger partial charge < -0.3 is 20.1 Å². The molecule has 30 heavy (non-hydrogen) atoms. The van der Waals surface area contributed by atoms with Gasteiger partial charge in [0.2, 0.25) is 5.54 Å². The molecule has 1 fully saturated rings. The van der Waals surface area contributed by atoms with Crippen molar-refractivity contribution in [1.29, 1.82) is 0 Å². The summed E-state index contributed by atoms with van der Waals surface area (Å²) in [7, 11) is 1.50. The number of halogens is 1. The van der Waals surface area contributed by atoms with Crippen LogP contribution in [-0.2, 0) is 11.3 Å². The number of phenols is 1. The van der Waals surface area contributed by atoms with Gasteiger partial charge in [-0.3, -0.25) is 14.9 Å². The molecule has 2 aliphatic rings. The van der Waals surface area contributed by atoms with Gasteiger partial charge in [0.25, 0.3) is 11.8 Å². The number of fused-ring (bicyclic) bond motifs is 1. The van der Waals surface area contributed by atoms with E-state index < -0.39 is 29.0 Å². The molecule has 0 aromatic heterocycles. The van der Waals surface area contributed by atoms with Gasteiger partial charge in [0.15, 0.2) is 11.6 Å². The molecule has 8 nitrogen and oxygen atoms in total. The van der Waals surface area contributed by atoms with E-state index in [4.69, 9.17) is 4.74 Å². The van der Waals surface area contributed by atoms with Crippen molar-refractivity contribution in [3.63, 3.8) is 0 Å². The highest BCUT2D eigenvalue weighted by molar-refractivity contribution is 6.10. The quantitative estimate of drug-likeness (QED) is 0.520. The fourth-order valence-electron chi connectivity index (χ4n) is 3.38. The number of carbonyl (C=O) groups is 3. The standard InChI is InChI=1S/C21H16FN3O5/c1-30-14-4-3-13-10-25(18(27)15(13)9-14)11-21(19(28)23-20(29)24-21)7-6-12-2-5-16(22)17(26)8-12/h2-5,8-9,26H,10-11H2,1H3,(H2,23,24,28,29)/t21-/m1/s1. The molecule has 9 heteroatoms. The normalized spacial score (nSPS) is 19.7. The minimum absolute atomic E-state index is 0.194. The fourth-order valence-corrected chi connectivity index (χ4v) is 3.38. The highest BCUT2D eigenvalue weighted by Crippen LogP contribution is 2.28. The van der Waals surface area contributed by atoms with Crippen molar-refractivity contribution < 1.29 is 28.6 Å². The van der Waals surface area contributed by atoms with Gasteiger partial charge in [0.1, 0.15) is 5.75 Å². The van der Waals surface area contributed by atoms with Crippen LogP contribution in [-0.4, -0.2) is 47.0 Å². The molecule has 4 rings (SSSR count). The van der Waals surface area contributed by atoms with Gasteiger partial charge in [-0.15, -0.1) is 0 Å². The van der Waals surface area contributed by atoms with Gasteiger partial charge in [-0.05, 0) is 35.9 Å². The van der Waals surface area contributed by atoms with E-state index in [2.05, 4.69) is 22.5 Å². The number of benzene rings is 2. The van der Waals surface area contributed by atoms with Crippen LogP contribution in [0.3, 0.4) is 0 Å². The molecule has 1 atom stereocenters. The Hall–Kier alpha value is -4.06. The molecule has 4 amide bonds. The first-order valence-corrected chi connectivity index (χ1v) is 8.93. The molecule has 2 aromatic rings. The Balaban J connectivity index is 1.65. The second kappa shape index (κ2) is 7.08. The first-order valence-electron chi connectivity index (χ1n) is 8.93. The van der Waals surface area contributed by atoms with E-state index in [0.717, 1.165) is 17.7 Å². The highest BCUT2D eigenvalue weighted by atomic mass is 19.1. The molecule has 1 saturated heterocycles. The van der Waals surface area contributed by atoms with Crippen molar-refractivity contribution in [2.75, 3.05) is 13.7 Å². The summed E-state index contributed by atoms with van der Waals surface area (Å²) in [5.41, 5.74) is -0.242. The lowest BCUT2D eigenvalue weighted by atomic mass is 9.99. The first-order chi connectivity index (χ1) is 14.3. The number of nitrogens with one attached hydrogen (secondary N) is 2. The lowest BCUT2D eigenvalue weighted by Gasteiger charge is -2.26. The fraction of sp³-hybridized carbons (Fsp3) is 0.190.